The SMILES string of the molecule is O=C(O)C(F)(F)F.O=C(O)c1cc(NS(=O)(=O)c2ccc(C3CCCCC3)cc2)cnc1N1CCCC1. The molecule has 0 radical (unpaired) electrons. The minimum atomic E-state index is -5.08. The average molecular weight is 544 g/mol. The molecule has 37 heavy (non-hydrogen) atoms. The van der Waals surface area contributed by atoms with Crippen molar-refractivity contribution in [1.29, 1.82) is 0 Å². The van der Waals surface area contributed by atoms with Crippen LogP contribution < -0.4 is 9.62 Å². The first-order chi connectivity index (χ1) is 17.4. The minimum Gasteiger partial charge on any atom is -0.478 e. The van der Waals surface area contributed by atoms with Gasteiger partial charge in [-0.05, 0) is 55.4 Å². The van der Waals surface area contributed by atoms with Gasteiger partial charge in [0.1, 0.15) is 11.4 Å². The molecular formula is C24H28F3N3O6S. The van der Waals surface area contributed by atoms with Crippen LogP contribution in [0.25, 0.3) is 0 Å². The predicted molar refractivity (Wildman–Crippen MR) is 129 cm³/mol. The van der Waals surface area contributed by atoms with Crippen molar-refractivity contribution in [3.05, 3.63) is 47.7 Å². The molecule has 0 amide bonds. The summed E-state index contributed by atoms with van der Waals surface area (Å²) in [5, 5.41) is 16.7. The molecule has 2 heterocycles. The van der Waals surface area contributed by atoms with Crippen molar-refractivity contribution < 1.29 is 41.4 Å². The molecule has 3 N–H and O–H groups in total. The first kappa shape index (κ1) is 28.2. The maximum Gasteiger partial charge on any atom is 0.490 e. The van der Waals surface area contributed by atoms with Gasteiger partial charge in [0.15, 0.2) is 0 Å². The lowest BCUT2D eigenvalue weighted by molar-refractivity contribution is -0.192. The lowest BCUT2D eigenvalue weighted by Crippen LogP contribution is -2.22. The quantitative estimate of drug-likeness (QED) is 0.470. The number of carbonyl (C=O) groups is 2. The first-order valence-electron chi connectivity index (χ1n) is 11.8. The number of aromatic nitrogens is 1. The fourth-order valence-electron chi connectivity index (χ4n) is 4.42. The zero-order chi connectivity index (χ0) is 27.2. The molecule has 202 valence electrons. The Morgan fingerprint density at radius 1 is 0.973 bits per heavy atom. The second-order valence-corrected chi connectivity index (χ2v) is 10.6. The number of aliphatic carboxylic acids is 1. The molecule has 1 aromatic heterocycles. The van der Waals surface area contributed by atoms with E-state index in [1.165, 1.54) is 37.1 Å². The summed E-state index contributed by atoms with van der Waals surface area (Å²) in [4.78, 5) is 26.9. The van der Waals surface area contributed by atoms with Crippen molar-refractivity contribution in [2.45, 2.75) is 61.9 Å². The van der Waals surface area contributed by atoms with Gasteiger partial charge in [0.05, 0.1) is 16.8 Å². The maximum absolute atomic E-state index is 12.8. The minimum absolute atomic E-state index is 0.00439. The van der Waals surface area contributed by atoms with Gasteiger partial charge in [-0.1, -0.05) is 31.4 Å². The third kappa shape index (κ3) is 7.57. The van der Waals surface area contributed by atoms with Crippen LogP contribution in [0.2, 0.25) is 0 Å². The summed E-state index contributed by atoms with van der Waals surface area (Å²) in [5.74, 6) is -2.99. The second kappa shape index (κ2) is 11.8. The van der Waals surface area contributed by atoms with Crippen LogP contribution in [0.5, 0.6) is 0 Å². The van der Waals surface area contributed by atoms with E-state index in [2.05, 4.69) is 9.71 Å². The fraction of sp³-hybridized carbons (Fsp3) is 0.458. The number of hydrogen-bond acceptors (Lipinski definition) is 6. The molecule has 1 saturated carbocycles. The molecule has 1 aromatic carbocycles. The Morgan fingerprint density at radius 2 is 1.54 bits per heavy atom. The Hall–Kier alpha value is -3.35. The number of carboxylic acids is 2. The third-order valence-corrected chi connectivity index (χ3v) is 7.66. The number of sulfonamides is 1. The van der Waals surface area contributed by atoms with Gasteiger partial charge in [-0.2, -0.15) is 13.2 Å². The number of rotatable bonds is 6. The van der Waals surface area contributed by atoms with Crippen LogP contribution in [0.1, 0.15) is 66.8 Å². The van der Waals surface area contributed by atoms with E-state index in [9.17, 15) is 31.5 Å². The Labute approximate surface area is 212 Å². The lowest BCUT2D eigenvalue weighted by Gasteiger charge is -2.22. The van der Waals surface area contributed by atoms with Gasteiger partial charge in [-0.15, -0.1) is 0 Å². The van der Waals surface area contributed by atoms with Crippen molar-refractivity contribution in [3.63, 3.8) is 0 Å². The summed E-state index contributed by atoms with van der Waals surface area (Å²) in [7, 11) is -3.83. The highest BCUT2D eigenvalue weighted by Gasteiger charge is 2.38. The molecule has 4 rings (SSSR count). The van der Waals surface area contributed by atoms with Crippen molar-refractivity contribution in [3.8, 4) is 0 Å². The number of hydrogen-bond donors (Lipinski definition) is 3. The largest absolute Gasteiger partial charge is 0.490 e. The van der Waals surface area contributed by atoms with Crippen LogP contribution in [-0.4, -0.2) is 54.8 Å². The summed E-state index contributed by atoms with van der Waals surface area (Å²) in [5.41, 5.74) is 1.33. The molecule has 1 saturated heterocycles. The fourth-order valence-corrected chi connectivity index (χ4v) is 5.45. The number of halogens is 3. The van der Waals surface area contributed by atoms with Crippen molar-refractivity contribution >= 4 is 33.5 Å². The number of aromatic carboxylic acids is 1. The molecule has 2 aliphatic rings. The molecule has 1 aliphatic heterocycles. The van der Waals surface area contributed by atoms with Gasteiger partial charge >= 0.3 is 18.1 Å². The molecule has 13 heteroatoms. The molecule has 0 spiro atoms. The molecule has 0 atom stereocenters. The van der Waals surface area contributed by atoms with Crippen LogP contribution in [0, 0.1) is 0 Å². The summed E-state index contributed by atoms with van der Waals surface area (Å²) in [6, 6.07) is 8.37. The van der Waals surface area contributed by atoms with Gasteiger partial charge in [0, 0.05) is 13.1 Å². The van der Waals surface area contributed by atoms with Gasteiger partial charge < -0.3 is 15.1 Å². The van der Waals surface area contributed by atoms with E-state index >= 15 is 0 Å². The van der Waals surface area contributed by atoms with Crippen LogP contribution in [0.3, 0.4) is 0 Å². The Kier molecular flexibility index (Phi) is 9.00. The summed E-state index contributed by atoms with van der Waals surface area (Å²) < 4.78 is 59.8. The molecule has 0 unspecified atom stereocenters. The Morgan fingerprint density at radius 3 is 2.05 bits per heavy atom. The van der Waals surface area contributed by atoms with E-state index < -0.39 is 28.1 Å². The molecule has 2 fully saturated rings. The molecular weight excluding hydrogens is 515 g/mol. The molecule has 1 aliphatic carbocycles. The van der Waals surface area contributed by atoms with Gasteiger partial charge in [-0.3, -0.25) is 4.72 Å². The number of nitrogens with zero attached hydrogens (tertiary/aromatic N) is 2. The zero-order valence-corrected chi connectivity index (χ0v) is 20.7. The number of carboxylic acid groups (broad SMARTS) is 2. The van der Waals surface area contributed by atoms with E-state index in [4.69, 9.17) is 9.90 Å². The normalized spacial score (nSPS) is 16.6. The van der Waals surface area contributed by atoms with Crippen LogP contribution >= 0.6 is 0 Å². The van der Waals surface area contributed by atoms with E-state index in [0.29, 0.717) is 11.7 Å². The summed E-state index contributed by atoms with van der Waals surface area (Å²) >= 11 is 0. The van der Waals surface area contributed by atoms with Crippen molar-refractivity contribution in [2.75, 3.05) is 22.7 Å². The van der Waals surface area contributed by atoms with Crippen LogP contribution in [0.15, 0.2) is 41.4 Å². The number of anilines is 2. The molecule has 0 bridgehead atoms. The monoisotopic (exact) mass is 543 g/mol. The van der Waals surface area contributed by atoms with E-state index in [1.807, 2.05) is 17.0 Å². The first-order valence-corrected chi connectivity index (χ1v) is 13.3. The van der Waals surface area contributed by atoms with E-state index in [1.54, 1.807) is 12.1 Å². The average Bonchev–Trinajstić information content (AvgIpc) is 3.39. The summed E-state index contributed by atoms with van der Waals surface area (Å²) in [6.07, 6.45) is 4.30. The Balaban J connectivity index is 0.000000479. The van der Waals surface area contributed by atoms with Crippen molar-refractivity contribution in [1.82, 2.24) is 4.98 Å². The lowest BCUT2D eigenvalue weighted by atomic mass is 9.84. The Bertz CT molecular complexity index is 1210. The van der Waals surface area contributed by atoms with E-state index in [-0.39, 0.29) is 16.1 Å². The van der Waals surface area contributed by atoms with Gasteiger partial charge in [0.25, 0.3) is 10.0 Å². The van der Waals surface area contributed by atoms with Crippen LogP contribution in [0.4, 0.5) is 24.7 Å². The number of pyridine rings is 1. The second-order valence-electron chi connectivity index (χ2n) is 8.91. The molecule has 2 aromatic rings. The summed E-state index contributed by atoms with van der Waals surface area (Å²) in [6.45, 7) is 1.51. The highest BCUT2D eigenvalue weighted by atomic mass is 32.2. The third-order valence-electron chi connectivity index (χ3n) is 6.26. The highest BCUT2D eigenvalue weighted by molar-refractivity contribution is 7.92. The topological polar surface area (TPSA) is 137 Å². The standard InChI is InChI=1S/C22H27N3O4S.C2HF3O2/c26-22(27)20-14-18(15-23-21(20)25-12-4-5-13-25)24-30(28,29)19-10-8-17(9-11-19)16-6-2-1-3-7-16;3-2(4,5)1(6)7/h8-11,14-16,24H,1-7,12-13H2,(H,26,27);(H,6,7). The predicted octanol–water partition coefficient (Wildman–Crippen LogP) is 4.86. The smallest absolute Gasteiger partial charge is 0.478 e. The zero-order valence-electron chi connectivity index (χ0n) is 19.9. The highest BCUT2D eigenvalue weighted by Crippen LogP contribution is 2.33. The molecule has 9 nitrogen and oxygen atoms in total. The van der Waals surface area contributed by atoms with Gasteiger partial charge in [0.2, 0.25) is 0 Å². The van der Waals surface area contributed by atoms with Crippen LogP contribution in [-0.2, 0) is 14.8 Å². The maximum atomic E-state index is 12.8. The van der Waals surface area contributed by atoms with Crippen molar-refractivity contribution in [2.24, 2.45) is 0 Å². The number of nitrogens with one attached hydrogen (secondary N) is 1. The number of alkyl halides is 3. The number of benzene rings is 1. The van der Waals surface area contributed by atoms with E-state index in [0.717, 1.165) is 38.8 Å². The van der Waals surface area contributed by atoms with Gasteiger partial charge in [-0.25, -0.2) is 23.0 Å².